The van der Waals surface area contributed by atoms with E-state index in [1.165, 1.54) is 44.9 Å². The summed E-state index contributed by atoms with van der Waals surface area (Å²) >= 11 is 0. The summed E-state index contributed by atoms with van der Waals surface area (Å²) in [5.41, 5.74) is 2.77. The van der Waals surface area contributed by atoms with Gasteiger partial charge in [-0.3, -0.25) is 24.9 Å². The lowest BCUT2D eigenvalue weighted by Crippen LogP contribution is -2.52. The van der Waals surface area contributed by atoms with Gasteiger partial charge >= 0.3 is 5.97 Å². The van der Waals surface area contributed by atoms with Crippen molar-refractivity contribution in [3.63, 3.8) is 0 Å². The molecule has 1 fully saturated rings. The molecule has 2 aromatic rings. The molecular formula is C37H61N5O4Si. The number of carbonyl (C=O) groups excluding carboxylic acids is 2. The molecule has 1 aromatic carbocycles. The first-order chi connectivity index (χ1) is 22.5. The Labute approximate surface area is 284 Å². The molecule has 262 valence electrons. The molecule has 47 heavy (non-hydrogen) atoms. The summed E-state index contributed by atoms with van der Waals surface area (Å²) in [7, 11) is -1.69. The number of unbranched alkanes of at least 4 members (excludes halogenated alkanes) is 8. The van der Waals surface area contributed by atoms with E-state index in [1.54, 1.807) is 0 Å². The fourth-order valence-electron chi connectivity index (χ4n) is 7.06. The number of fused-ring (bicyclic) bond motifs is 1. The van der Waals surface area contributed by atoms with Crippen LogP contribution in [0.5, 0.6) is 0 Å². The number of H-pyrrole nitrogens is 1. The van der Waals surface area contributed by atoms with E-state index in [0.717, 1.165) is 48.9 Å². The highest BCUT2D eigenvalue weighted by Crippen LogP contribution is 2.56. The third-order valence-electron chi connectivity index (χ3n) is 10.7. The monoisotopic (exact) mass is 667 g/mol. The molecule has 1 saturated carbocycles. The standard InChI is InChI=1S/C37H61N5O4Si/c1-7-8-9-10-11-12-13-14-18-22-32(43)46-26-31(29-20-16-15-17-21-29)38-27-45-28-42-25-30-33(36(42,2)3)40-41-34(30)39-35(44)37(23-19-24-37)47(4,5)6/h15-17,20-21,31,38H,7-14,18-19,22-28H2,1-6H3,(H2,39,40,41,44)/t31-/m1/s1. The van der Waals surface area contributed by atoms with Gasteiger partial charge in [-0.15, -0.1) is 0 Å². The maximum absolute atomic E-state index is 13.5. The van der Waals surface area contributed by atoms with E-state index in [2.05, 4.69) is 66.1 Å². The first-order valence-corrected chi connectivity index (χ1v) is 21.7. The molecule has 9 nitrogen and oxygen atoms in total. The minimum atomic E-state index is -1.69. The minimum Gasteiger partial charge on any atom is -0.464 e. The van der Waals surface area contributed by atoms with E-state index in [-0.39, 0.29) is 35.1 Å². The van der Waals surface area contributed by atoms with Gasteiger partial charge in [0.1, 0.15) is 13.3 Å². The van der Waals surface area contributed by atoms with Crippen molar-refractivity contribution < 1.29 is 19.1 Å². The van der Waals surface area contributed by atoms with Gasteiger partial charge in [-0.25, -0.2) is 0 Å². The number of rotatable bonds is 21. The van der Waals surface area contributed by atoms with Crippen molar-refractivity contribution in [3.8, 4) is 0 Å². The highest BCUT2D eigenvalue weighted by molar-refractivity contribution is 6.83. The Balaban J connectivity index is 1.22. The molecule has 4 rings (SSSR count). The number of ether oxygens (including phenoxy) is 2. The van der Waals surface area contributed by atoms with E-state index >= 15 is 0 Å². The number of amides is 1. The van der Waals surface area contributed by atoms with Crippen molar-refractivity contribution in [2.75, 3.05) is 25.4 Å². The van der Waals surface area contributed by atoms with Gasteiger partial charge in [0.2, 0.25) is 5.91 Å². The smallest absolute Gasteiger partial charge is 0.305 e. The van der Waals surface area contributed by atoms with Crippen molar-refractivity contribution >= 4 is 25.8 Å². The summed E-state index contributed by atoms with van der Waals surface area (Å²) in [4.78, 5) is 28.3. The number of benzene rings is 1. The van der Waals surface area contributed by atoms with Gasteiger partial charge < -0.3 is 14.8 Å². The summed E-state index contributed by atoms with van der Waals surface area (Å²) in [6, 6.07) is 9.90. The highest BCUT2D eigenvalue weighted by atomic mass is 28.3. The van der Waals surface area contributed by atoms with Crippen LogP contribution in [0.3, 0.4) is 0 Å². The van der Waals surface area contributed by atoms with Gasteiger partial charge in [0.25, 0.3) is 0 Å². The van der Waals surface area contributed by atoms with Crippen molar-refractivity contribution in [1.82, 2.24) is 20.4 Å². The molecule has 0 radical (unpaired) electrons. The van der Waals surface area contributed by atoms with Crippen molar-refractivity contribution in [2.24, 2.45) is 0 Å². The topological polar surface area (TPSA) is 109 Å². The first kappa shape index (κ1) is 37.3. The van der Waals surface area contributed by atoms with Crippen LogP contribution in [0.4, 0.5) is 5.82 Å². The maximum atomic E-state index is 13.5. The number of esters is 1. The van der Waals surface area contributed by atoms with E-state index in [9.17, 15) is 9.59 Å². The van der Waals surface area contributed by atoms with Gasteiger partial charge in [-0.2, -0.15) is 5.10 Å². The molecule has 2 aliphatic rings. The molecule has 0 spiro atoms. The van der Waals surface area contributed by atoms with Crippen molar-refractivity contribution in [3.05, 3.63) is 47.2 Å². The van der Waals surface area contributed by atoms with Gasteiger partial charge in [0.05, 0.1) is 32.1 Å². The van der Waals surface area contributed by atoms with Crippen LogP contribution in [0.15, 0.2) is 30.3 Å². The average molecular weight is 668 g/mol. The molecule has 10 heteroatoms. The fraction of sp³-hybridized carbons (Fsp3) is 0.703. The van der Waals surface area contributed by atoms with Crippen LogP contribution in [0.2, 0.25) is 24.7 Å². The highest BCUT2D eigenvalue weighted by Gasteiger charge is 2.54. The molecule has 0 bridgehead atoms. The summed E-state index contributed by atoms with van der Waals surface area (Å²) in [6.07, 6.45) is 14.5. The predicted octanol–water partition coefficient (Wildman–Crippen LogP) is 8.39. The van der Waals surface area contributed by atoms with Crippen LogP contribution in [-0.2, 0) is 31.1 Å². The number of hydrogen-bond donors (Lipinski definition) is 3. The molecule has 1 atom stereocenters. The van der Waals surface area contributed by atoms with Gasteiger partial charge in [0.15, 0.2) is 5.82 Å². The lowest BCUT2D eigenvalue weighted by Gasteiger charge is -2.48. The summed E-state index contributed by atoms with van der Waals surface area (Å²) in [5, 5.41) is 14.2. The van der Waals surface area contributed by atoms with Crippen LogP contribution in [0, 0.1) is 0 Å². The molecule has 1 aliphatic heterocycles. The van der Waals surface area contributed by atoms with Crippen LogP contribution < -0.4 is 10.6 Å². The third kappa shape index (κ3) is 9.55. The van der Waals surface area contributed by atoms with Crippen LogP contribution in [-0.4, -0.2) is 55.1 Å². The lowest BCUT2D eigenvalue weighted by atomic mass is 9.83. The summed E-state index contributed by atoms with van der Waals surface area (Å²) in [5.74, 6) is 0.646. The number of aromatic amines is 1. The van der Waals surface area contributed by atoms with Crippen LogP contribution in [0.1, 0.15) is 127 Å². The number of anilines is 1. The van der Waals surface area contributed by atoms with E-state index in [1.807, 2.05) is 30.3 Å². The second-order valence-corrected chi connectivity index (χ2v) is 20.7. The molecule has 1 amide bonds. The fourth-order valence-corrected chi connectivity index (χ4v) is 9.66. The number of aromatic nitrogens is 2. The number of nitrogens with zero attached hydrogens (tertiary/aromatic N) is 2. The number of nitrogens with one attached hydrogen (secondary N) is 3. The molecule has 1 aromatic heterocycles. The zero-order valence-electron chi connectivity index (χ0n) is 30.0. The second-order valence-electron chi connectivity index (χ2n) is 15.2. The Kier molecular flexibility index (Phi) is 13.7. The summed E-state index contributed by atoms with van der Waals surface area (Å²) < 4.78 is 11.9. The van der Waals surface area contributed by atoms with Crippen molar-refractivity contribution in [1.29, 1.82) is 0 Å². The van der Waals surface area contributed by atoms with Gasteiger partial charge in [-0.05, 0) is 38.7 Å². The molecule has 2 heterocycles. The second kappa shape index (κ2) is 17.2. The Morgan fingerprint density at radius 2 is 1.66 bits per heavy atom. The zero-order chi connectivity index (χ0) is 33.9. The van der Waals surface area contributed by atoms with Crippen LogP contribution >= 0.6 is 0 Å². The number of carbonyl (C=O) groups is 2. The van der Waals surface area contributed by atoms with E-state index < -0.39 is 8.07 Å². The third-order valence-corrected chi connectivity index (χ3v) is 14.3. The molecule has 0 saturated heterocycles. The normalized spacial score (nSPS) is 17.6. The Morgan fingerprint density at radius 1 is 1.00 bits per heavy atom. The number of hydrogen-bond acceptors (Lipinski definition) is 7. The minimum absolute atomic E-state index is 0.134. The lowest BCUT2D eigenvalue weighted by molar-refractivity contribution is -0.144. The Morgan fingerprint density at radius 3 is 2.28 bits per heavy atom. The maximum Gasteiger partial charge on any atom is 0.305 e. The SMILES string of the molecule is CCCCCCCCCCCC(=O)OC[C@@H](NCOCN1Cc2c(NC(=O)C3([Si](C)(C)C)CCC3)n[nH]c2C1(C)C)c1ccccc1. The zero-order valence-corrected chi connectivity index (χ0v) is 31.0. The first-order valence-electron chi connectivity index (χ1n) is 18.2. The average Bonchev–Trinajstić information content (AvgIpc) is 3.51. The molecule has 1 aliphatic carbocycles. The van der Waals surface area contributed by atoms with Gasteiger partial charge in [0, 0.05) is 23.6 Å². The molecular weight excluding hydrogens is 607 g/mol. The quantitative estimate of drug-likeness (QED) is 0.0531. The molecule has 0 unspecified atom stereocenters. The van der Waals surface area contributed by atoms with Crippen LogP contribution in [0.25, 0.3) is 0 Å². The predicted molar refractivity (Wildman–Crippen MR) is 192 cm³/mol. The molecule has 3 N–H and O–H groups in total. The Hall–Kier alpha value is -2.53. The summed E-state index contributed by atoms with van der Waals surface area (Å²) in [6.45, 7) is 15.0. The van der Waals surface area contributed by atoms with Gasteiger partial charge in [-0.1, -0.05) is 115 Å². The Bertz CT molecular complexity index is 1270. The van der Waals surface area contributed by atoms with Crippen molar-refractivity contribution in [2.45, 2.75) is 147 Å². The van der Waals surface area contributed by atoms with E-state index in [4.69, 9.17) is 9.47 Å². The van der Waals surface area contributed by atoms with E-state index in [0.29, 0.717) is 32.2 Å². The largest absolute Gasteiger partial charge is 0.464 e.